The van der Waals surface area contributed by atoms with E-state index in [0.717, 1.165) is 0 Å². The first kappa shape index (κ1) is 23.8. The first-order valence-electron chi connectivity index (χ1n) is 10.1. The third-order valence-corrected chi connectivity index (χ3v) is 7.09. The highest BCUT2D eigenvalue weighted by Crippen LogP contribution is 2.20. The monoisotopic (exact) mass is 476 g/mol. The number of carbonyl (C=O) groups is 2. The number of carbonyl (C=O) groups excluding carboxylic acids is 2. The van der Waals surface area contributed by atoms with E-state index in [0.29, 0.717) is 23.7 Å². The van der Waals surface area contributed by atoms with Crippen molar-refractivity contribution < 1.29 is 18.0 Å². The zero-order valence-electron chi connectivity index (χ0n) is 17.5. The second-order valence-electron chi connectivity index (χ2n) is 7.21. The average Bonchev–Trinajstić information content (AvgIpc) is 3.04. The Labute approximate surface area is 192 Å². The van der Waals surface area contributed by atoms with E-state index in [2.05, 4.69) is 17.2 Å². The van der Waals surface area contributed by atoms with Crippen molar-refractivity contribution in [3.8, 4) is 0 Å². The summed E-state index contributed by atoms with van der Waals surface area (Å²) >= 11 is 5.96. The van der Waals surface area contributed by atoms with Crippen LogP contribution in [0.1, 0.15) is 16.8 Å². The Balaban J connectivity index is 1.68. The highest BCUT2D eigenvalue weighted by Gasteiger charge is 2.28. The molecule has 10 heteroatoms. The van der Waals surface area contributed by atoms with Gasteiger partial charge in [-0.2, -0.15) is 4.31 Å². The summed E-state index contributed by atoms with van der Waals surface area (Å²) in [6.07, 6.45) is 2.03. The summed E-state index contributed by atoms with van der Waals surface area (Å²) in [4.78, 5) is 26.4. The van der Waals surface area contributed by atoms with Gasteiger partial charge in [-0.15, -0.1) is 6.58 Å². The lowest BCUT2D eigenvalue weighted by molar-refractivity contribution is 0.0957. The summed E-state index contributed by atoms with van der Waals surface area (Å²) in [5.74, 6) is -0.373. The molecule has 1 heterocycles. The predicted molar refractivity (Wildman–Crippen MR) is 124 cm³/mol. The molecule has 0 spiro atoms. The molecule has 1 saturated heterocycles. The lowest BCUT2D eigenvalue weighted by Gasteiger charge is -2.22. The smallest absolute Gasteiger partial charge is 0.321 e. The molecule has 8 nitrogen and oxygen atoms in total. The summed E-state index contributed by atoms with van der Waals surface area (Å²) < 4.78 is 27.7. The Morgan fingerprint density at radius 2 is 1.84 bits per heavy atom. The molecule has 3 amide bonds. The average molecular weight is 477 g/mol. The lowest BCUT2D eigenvalue weighted by Crippen LogP contribution is -2.39. The van der Waals surface area contributed by atoms with Gasteiger partial charge in [-0.3, -0.25) is 4.79 Å². The number of halogens is 1. The number of anilines is 1. The Bertz CT molecular complexity index is 1110. The van der Waals surface area contributed by atoms with Crippen LogP contribution in [0, 0.1) is 0 Å². The van der Waals surface area contributed by atoms with E-state index in [1.54, 1.807) is 41.3 Å². The van der Waals surface area contributed by atoms with Gasteiger partial charge in [0, 0.05) is 49.0 Å². The highest BCUT2D eigenvalue weighted by atomic mass is 35.5. The maximum absolute atomic E-state index is 13.2. The van der Waals surface area contributed by atoms with Gasteiger partial charge < -0.3 is 15.5 Å². The zero-order valence-corrected chi connectivity index (χ0v) is 19.0. The minimum absolute atomic E-state index is 0.0422. The first-order chi connectivity index (χ1) is 15.3. The molecule has 3 rings (SSSR count). The number of hydrogen-bond acceptors (Lipinski definition) is 4. The van der Waals surface area contributed by atoms with E-state index in [9.17, 15) is 18.0 Å². The summed E-state index contributed by atoms with van der Waals surface area (Å²) in [6.45, 7) is 4.92. The van der Waals surface area contributed by atoms with Gasteiger partial charge in [0.25, 0.3) is 5.91 Å². The van der Waals surface area contributed by atoms with E-state index in [1.807, 2.05) is 0 Å². The number of amides is 3. The second-order valence-corrected chi connectivity index (χ2v) is 9.59. The molecule has 0 aromatic heterocycles. The summed E-state index contributed by atoms with van der Waals surface area (Å²) in [7, 11) is -3.82. The Morgan fingerprint density at radius 1 is 1.06 bits per heavy atom. The van der Waals surface area contributed by atoms with Crippen LogP contribution in [0.15, 0.2) is 66.1 Å². The van der Waals surface area contributed by atoms with Gasteiger partial charge in [-0.25, -0.2) is 13.2 Å². The van der Waals surface area contributed by atoms with Gasteiger partial charge in [-0.1, -0.05) is 29.8 Å². The largest absolute Gasteiger partial charge is 0.349 e. The van der Waals surface area contributed by atoms with Crippen molar-refractivity contribution in [3.05, 3.63) is 71.8 Å². The molecule has 1 aliphatic heterocycles. The van der Waals surface area contributed by atoms with Crippen LogP contribution in [0.25, 0.3) is 0 Å². The number of nitrogens with zero attached hydrogens (tertiary/aromatic N) is 2. The molecule has 170 valence electrons. The van der Waals surface area contributed by atoms with Crippen molar-refractivity contribution in [1.82, 2.24) is 14.5 Å². The van der Waals surface area contributed by atoms with Crippen molar-refractivity contribution in [1.29, 1.82) is 0 Å². The first-order valence-corrected chi connectivity index (χ1v) is 11.9. The maximum atomic E-state index is 13.2. The van der Waals surface area contributed by atoms with Gasteiger partial charge in [0.1, 0.15) is 0 Å². The molecule has 0 atom stereocenters. The summed E-state index contributed by atoms with van der Waals surface area (Å²) in [6, 6.07) is 12.4. The summed E-state index contributed by atoms with van der Waals surface area (Å²) in [5, 5.41) is 5.93. The van der Waals surface area contributed by atoms with E-state index in [-0.39, 0.29) is 48.6 Å². The van der Waals surface area contributed by atoms with Crippen LogP contribution in [0.2, 0.25) is 5.02 Å². The molecule has 0 unspecified atom stereocenters. The van der Waals surface area contributed by atoms with E-state index in [4.69, 9.17) is 11.6 Å². The zero-order chi connectivity index (χ0) is 23.1. The molecular formula is C22H25ClN4O4S. The molecule has 2 aromatic carbocycles. The van der Waals surface area contributed by atoms with Crippen molar-refractivity contribution in [3.63, 3.8) is 0 Å². The van der Waals surface area contributed by atoms with E-state index < -0.39 is 10.0 Å². The third kappa shape index (κ3) is 5.87. The van der Waals surface area contributed by atoms with Crippen LogP contribution in [0.3, 0.4) is 0 Å². The molecule has 2 aromatic rings. The van der Waals surface area contributed by atoms with Crippen LogP contribution < -0.4 is 10.6 Å². The Kier molecular flexibility index (Phi) is 7.89. The number of benzene rings is 2. The van der Waals surface area contributed by atoms with Gasteiger partial charge in [-0.05, 0) is 42.8 Å². The van der Waals surface area contributed by atoms with Crippen LogP contribution in [-0.2, 0) is 10.0 Å². The fourth-order valence-electron chi connectivity index (χ4n) is 3.32. The SMILES string of the molecule is C=CCNC(=O)c1cccc(S(=O)(=O)N2CCCN(C(=O)Nc3cccc(Cl)c3)CC2)c1. The second kappa shape index (κ2) is 10.6. The minimum Gasteiger partial charge on any atom is -0.349 e. The number of hydrogen-bond donors (Lipinski definition) is 2. The highest BCUT2D eigenvalue weighted by molar-refractivity contribution is 7.89. The summed E-state index contributed by atoms with van der Waals surface area (Å²) in [5.41, 5.74) is 0.827. The number of sulfonamides is 1. The molecule has 0 aliphatic carbocycles. The molecule has 0 bridgehead atoms. The van der Waals surface area contributed by atoms with E-state index >= 15 is 0 Å². The van der Waals surface area contributed by atoms with Crippen LogP contribution >= 0.6 is 11.6 Å². The molecule has 1 fully saturated rings. The number of nitrogens with one attached hydrogen (secondary N) is 2. The molecule has 0 radical (unpaired) electrons. The van der Waals surface area contributed by atoms with Gasteiger partial charge >= 0.3 is 6.03 Å². The fraction of sp³-hybridized carbons (Fsp3) is 0.273. The molecule has 32 heavy (non-hydrogen) atoms. The van der Waals surface area contributed by atoms with Crippen LogP contribution in [-0.4, -0.2) is 62.3 Å². The van der Waals surface area contributed by atoms with Gasteiger partial charge in [0.2, 0.25) is 10.0 Å². The topological polar surface area (TPSA) is 98.8 Å². The third-order valence-electron chi connectivity index (χ3n) is 4.96. The van der Waals surface area contributed by atoms with Crippen LogP contribution in [0.4, 0.5) is 10.5 Å². The van der Waals surface area contributed by atoms with Crippen molar-refractivity contribution in [2.45, 2.75) is 11.3 Å². The van der Waals surface area contributed by atoms with Crippen molar-refractivity contribution in [2.75, 3.05) is 38.0 Å². The maximum Gasteiger partial charge on any atom is 0.321 e. The van der Waals surface area contributed by atoms with Gasteiger partial charge in [0.15, 0.2) is 0 Å². The minimum atomic E-state index is -3.82. The Morgan fingerprint density at radius 3 is 2.59 bits per heavy atom. The van der Waals surface area contributed by atoms with Gasteiger partial charge in [0.05, 0.1) is 4.90 Å². The standard InChI is InChI=1S/C22H25ClN4O4S/c1-2-10-24-21(28)17-6-3-9-20(15-17)32(30,31)27-12-5-11-26(13-14-27)22(29)25-19-8-4-7-18(23)16-19/h2-4,6-9,15-16H,1,5,10-14H2,(H,24,28)(H,25,29). The lowest BCUT2D eigenvalue weighted by atomic mass is 10.2. The quantitative estimate of drug-likeness (QED) is 0.625. The molecule has 1 aliphatic rings. The number of rotatable bonds is 6. The Hall–Kier alpha value is -2.88. The fourth-order valence-corrected chi connectivity index (χ4v) is 5.03. The molecule has 0 saturated carbocycles. The number of urea groups is 1. The normalized spacial score (nSPS) is 15.0. The predicted octanol–water partition coefficient (Wildman–Crippen LogP) is 3.18. The molecular weight excluding hydrogens is 452 g/mol. The van der Waals surface area contributed by atoms with Crippen LogP contribution in [0.5, 0.6) is 0 Å². The van der Waals surface area contributed by atoms with Crippen molar-refractivity contribution >= 4 is 39.2 Å². The van der Waals surface area contributed by atoms with E-state index in [1.165, 1.54) is 22.5 Å². The molecule has 2 N–H and O–H groups in total. The van der Waals surface area contributed by atoms with Crippen molar-refractivity contribution in [2.24, 2.45) is 0 Å².